The number of hydrogen-bond donors (Lipinski definition) is 14. The Balaban J connectivity index is 1.60. The highest BCUT2D eigenvalue weighted by molar-refractivity contribution is 5.77. The summed E-state index contributed by atoms with van der Waals surface area (Å²) in [5, 5.41) is 135. The number of aliphatic carboxylic acids is 1. The monoisotopic (exact) mass is 1220 g/mol. The molecule has 0 aliphatic carbocycles. The van der Waals surface area contributed by atoms with Crippen LogP contribution in [0, 0.1) is 0 Å². The number of carbonyl (C=O) groups is 3. The largest absolute Gasteiger partial charge is 0.477 e. The molecule has 0 radical (unpaired) electrons. The number of nitrogens with one attached hydrogen (secondary N) is 2. The van der Waals surface area contributed by atoms with Crippen molar-refractivity contribution in [3.05, 3.63) is 12.2 Å². The van der Waals surface area contributed by atoms with Crippen LogP contribution in [0.25, 0.3) is 0 Å². The quantitative estimate of drug-likeness (QED) is 0.0298. The lowest BCUT2D eigenvalue weighted by atomic mass is 9.88. The van der Waals surface area contributed by atoms with E-state index in [1.54, 1.807) is 6.08 Å². The number of carboxylic acids is 1. The highest BCUT2D eigenvalue weighted by atomic mass is 16.8. The van der Waals surface area contributed by atoms with Gasteiger partial charge < -0.3 is 100 Å². The van der Waals surface area contributed by atoms with E-state index in [4.69, 9.17) is 28.4 Å². The lowest BCUT2D eigenvalue weighted by Crippen LogP contribution is -2.70. The number of carboxylic acid groups (broad SMARTS) is 1. The number of carbonyl (C=O) groups excluding carboxylic acids is 2. The van der Waals surface area contributed by atoms with E-state index < -0.39 is 155 Å². The second-order valence-electron chi connectivity index (χ2n) is 24.0. The van der Waals surface area contributed by atoms with Crippen LogP contribution in [0.3, 0.4) is 0 Å². The van der Waals surface area contributed by atoms with Gasteiger partial charge in [0.15, 0.2) is 12.6 Å². The van der Waals surface area contributed by atoms with Crippen molar-refractivity contribution < 1.29 is 104 Å². The van der Waals surface area contributed by atoms with Crippen LogP contribution in [-0.2, 0) is 42.8 Å². The zero-order valence-corrected chi connectivity index (χ0v) is 51.5. The van der Waals surface area contributed by atoms with Gasteiger partial charge in [-0.25, -0.2) is 4.79 Å². The Morgan fingerprint density at radius 1 is 0.612 bits per heavy atom. The van der Waals surface area contributed by atoms with Crippen LogP contribution in [0.5, 0.6) is 0 Å². The summed E-state index contributed by atoms with van der Waals surface area (Å²) in [7, 11) is 0. The normalized spacial score (nSPS) is 29.6. The lowest BCUT2D eigenvalue weighted by Gasteiger charge is -2.50. The first-order valence-corrected chi connectivity index (χ1v) is 32.6. The van der Waals surface area contributed by atoms with Gasteiger partial charge in [-0.15, -0.1) is 0 Å². The summed E-state index contributed by atoms with van der Waals surface area (Å²) in [6, 6.07) is -2.61. The summed E-state index contributed by atoms with van der Waals surface area (Å²) >= 11 is 0. The molecule has 0 spiro atoms. The van der Waals surface area contributed by atoms with Crippen molar-refractivity contribution in [1.82, 2.24) is 10.6 Å². The molecule has 3 aliphatic heterocycles. The number of aliphatic hydroxyl groups is 11. The fourth-order valence-corrected chi connectivity index (χ4v) is 11.5. The minimum atomic E-state index is -3.08. The topological polar surface area (TPSA) is 373 Å². The van der Waals surface area contributed by atoms with Crippen molar-refractivity contribution >= 4 is 17.8 Å². The summed E-state index contributed by atoms with van der Waals surface area (Å²) in [4.78, 5) is 38.3. The van der Waals surface area contributed by atoms with E-state index in [0.717, 1.165) is 51.9 Å². The predicted molar refractivity (Wildman–Crippen MR) is 315 cm³/mol. The second kappa shape index (κ2) is 44.0. The average molecular weight is 1220 g/mol. The first-order valence-electron chi connectivity index (χ1n) is 32.6. The average Bonchev–Trinajstić information content (AvgIpc) is 3.46. The number of unbranched alkanes of at least 4 members (excludes halogenated alkanes) is 28. The van der Waals surface area contributed by atoms with E-state index in [1.807, 2.05) is 6.08 Å². The smallest absolute Gasteiger partial charge is 0.364 e. The predicted octanol–water partition coefficient (Wildman–Crippen LogP) is 4.34. The number of hydrogen-bond acceptors (Lipinski definition) is 20. The molecule has 498 valence electrons. The maximum atomic E-state index is 13.3. The molecule has 0 aromatic carbocycles. The van der Waals surface area contributed by atoms with Crippen molar-refractivity contribution in [3.8, 4) is 0 Å². The number of ether oxygens (including phenoxy) is 6. The summed E-state index contributed by atoms with van der Waals surface area (Å²) in [6.07, 6.45) is 10.1. The molecule has 0 bridgehead atoms. The fourth-order valence-electron chi connectivity index (χ4n) is 11.5. The molecule has 0 aromatic heterocycles. The minimum Gasteiger partial charge on any atom is -0.477 e. The van der Waals surface area contributed by atoms with Gasteiger partial charge in [0.05, 0.1) is 50.7 Å². The van der Waals surface area contributed by atoms with Gasteiger partial charge in [0.25, 0.3) is 5.79 Å². The third kappa shape index (κ3) is 27.6. The Bertz CT molecular complexity index is 1790. The Labute approximate surface area is 505 Å². The molecule has 3 heterocycles. The molecule has 23 nitrogen and oxygen atoms in total. The Morgan fingerprint density at radius 2 is 1.09 bits per heavy atom. The van der Waals surface area contributed by atoms with Gasteiger partial charge in [0, 0.05) is 19.8 Å². The number of amides is 2. The SMILES string of the molecule is CCCCCCCCCCCCCCCCCCCCCC/C=C/C(O)C(COC1OC(CO)C(OC2OC(CO)C(O)C(OC3(C(=O)O)CC(O)C(NC(C)=O)C(C(O)C(O)CO)O3)C2O)C(O)C1O)NC(=O)CCCCCCCCCCC. The third-order valence-corrected chi connectivity index (χ3v) is 16.7. The molecule has 3 fully saturated rings. The molecular formula is C62H114N2O21. The molecule has 23 heteroatoms. The van der Waals surface area contributed by atoms with Crippen LogP contribution in [0.1, 0.15) is 226 Å². The van der Waals surface area contributed by atoms with Crippen LogP contribution >= 0.6 is 0 Å². The van der Waals surface area contributed by atoms with Crippen LogP contribution < -0.4 is 10.6 Å². The summed E-state index contributed by atoms with van der Waals surface area (Å²) in [5.41, 5.74) is 0. The first-order chi connectivity index (χ1) is 40.9. The summed E-state index contributed by atoms with van der Waals surface area (Å²) in [6.45, 7) is 2.09. The molecule has 3 aliphatic rings. The Kier molecular flexibility index (Phi) is 39.7. The molecule has 0 saturated carbocycles. The van der Waals surface area contributed by atoms with E-state index in [0.29, 0.717) is 12.8 Å². The molecule has 3 rings (SSSR count). The maximum Gasteiger partial charge on any atom is 0.364 e. The number of aliphatic hydroxyl groups excluding tert-OH is 11. The summed E-state index contributed by atoms with van der Waals surface area (Å²) in [5.74, 6) is -6.14. The van der Waals surface area contributed by atoms with Crippen LogP contribution in [0.15, 0.2) is 12.2 Å². The van der Waals surface area contributed by atoms with Gasteiger partial charge in [-0.3, -0.25) is 9.59 Å². The van der Waals surface area contributed by atoms with E-state index in [2.05, 4.69) is 24.5 Å². The van der Waals surface area contributed by atoms with E-state index in [-0.39, 0.29) is 12.3 Å². The third-order valence-electron chi connectivity index (χ3n) is 16.7. The van der Waals surface area contributed by atoms with Gasteiger partial charge in [-0.2, -0.15) is 0 Å². The zero-order valence-electron chi connectivity index (χ0n) is 51.5. The Hall–Kier alpha value is -2.53. The van der Waals surface area contributed by atoms with Gasteiger partial charge in [0.2, 0.25) is 11.8 Å². The van der Waals surface area contributed by atoms with Crippen molar-refractivity contribution in [2.24, 2.45) is 0 Å². The molecule has 18 atom stereocenters. The molecule has 2 amide bonds. The zero-order chi connectivity index (χ0) is 62.6. The molecule has 14 N–H and O–H groups in total. The molecule has 18 unspecified atom stereocenters. The number of rotatable bonds is 48. The van der Waals surface area contributed by atoms with Crippen molar-refractivity contribution in [2.45, 2.75) is 336 Å². The maximum absolute atomic E-state index is 13.3. The van der Waals surface area contributed by atoms with Crippen LogP contribution in [0.2, 0.25) is 0 Å². The lowest BCUT2D eigenvalue weighted by molar-refractivity contribution is -0.386. The highest BCUT2D eigenvalue weighted by Crippen LogP contribution is 2.38. The summed E-state index contributed by atoms with van der Waals surface area (Å²) < 4.78 is 34.7. The highest BCUT2D eigenvalue weighted by Gasteiger charge is 2.60. The second-order valence-corrected chi connectivity index (χ2v) is 24.0. The minimum absolute atomic E-state index is 0.202. The van der Waals surface area contributed by atoms with Gasteiger partial charge in [-0.05, 0) is 19.3 Å². The van der Waals surface area contributed by atoms with Crippen LogP contribution in [0.4, 0.5) is 0 Å². The standard InChI is InChI=1S/C62H114N2O21/c1-4-6-8-10-12-14-15-16-17-18-19-20-21-22-23-24-25-26-28-29-31-33-35-44(69)43(64-49(72)36-34-32-30-27-13-11-9-7-5-2)41-80-59-54(76)53(75)56(48(40-67)82-59)83-60-55(77)58(52(74)47(39-66)81-60)85-62(61(78)79)37-45(70)50(63-42(3)68)57(84-62)51(73)46(71)38-65/h33,35,43-48,50-60,65-67,69-71,73-77H,4-32,34,36-41H2,1-3H3,(H,63,68)(H,64,72)(H,78,79)/b35-33+. The fraction of sp³-hybridized carbons (Fsp3) is 0.919. The van der Waals surface area contributed by atoms with E-state index >= 15 is 0 Å². The molecular weight excluding hydrogens is 1110 g/mol. The molecule has 0 aromatic rings. The molecule has 85 heavy (non-hydrogen) atoms. The van der Waals surface area contributed by atoms with Crippen molar-refractivity contribution in [1.29, 1.82) is 0 Å². The van der Waals surface area contributed by atoms with E-state index in [9.17, 15) is 75.7 Å². The Morgan fingerprint density at radius 3 is 1.56 bits per heavy atom. The number of allylic oxidation sites excluding steroid dienone is 1. The first kappa shape index (κ1) is 76.7. The van der Waals surface area contributed by atoms with Crippen molar-refractivity contribution in [2.75, 3.05) is 26.4 Å². The van der Waals surface area contributed by atoms with Gasteiger partial charge >= 0.3 is 5.97 Å². The van der Waals surface area contributed by atoms with Crippen LogP contribution in [-0.4, -0.2) is 215 Å². The molecule has 3 saturated heterocycles. The van der Waals surface area contributed by atoms with Gasteiger partial charge in [0.1, 0.15) is 67.1 Å². The van der Waals surface area contributed by atoms with Crippen molar-refractivity contribution in [3.63, 3.8) is 0 Å². The van der Waals surface area contributed by atoms with E-state index in [1.165, 1.54) is 135 Å². The van der Waals surface area contributed by atoms with Gasteiger partial charge in [-0.1, -0.05) is 199 Å².